The van der Waals surface area contributed by atoms with Crippen LogP contribution in [0.4, 0.5) is 57.1 Å². The molecule has 1 rings (SSSR count). The van der Waals surface area contributed by atoms with Crippen molar-refractivity contribution in [1.29, 1.82) is 0 Å². The number of rotatable bonds is 2. The van der Waals surface area contributed by atoms with Crippen LogP contribution < -0.4 is 0 Å². The molecular formula is C8H2F13NO. The maximum atomic E-state index is 13.6. The molecule has 0 aliphatic carbocycles. The molecule has 1 aliphatic rings. The molecule has 1 unspecified atom stereocenters. The lowest BCUT2D eigenvalue weighted by atomic mass is 10.1. The Balaban J connectivity index is 3.82. The number of morpholine rings is 1. The molecule has 1 heterocycles. The number of hydrogen-bond donors (Lipinski definition) is 0. The lowest BCUT2D eigenvalue weighted by Crippen LogP contribution is -2.80. The molecule has 15 heteroatoms. The van der Waals surface area contributed by atoms with Gasteiger partial charge < -0.3 is 0 Å². The van der Waals surface area contributed by atoms with Gasteiger partial charge in [0.05, 0.1) is 0 Å². The second-order valence-corrected chi connectivity index (χ2v) is 4.08. The van der Waals surface area contributed by atoms with E-state index in [1.807, 2.05) is 4.74 Å². The predicted molar refractivity (Wildman–Crippen MR) is 42.9 cm³/mol. The van der Waals surface area contributed by atoms with Gasteiger partial charge in [0, 0.05) is 0 Å². The molecule has 2 nitrogen and oxygen atoms in total. The Bertz CT molecular complexity index is 485. The SMILES string of the molecule is C=C(F)C(F)(N1C(F)(F)C(F)(F)OC(F)(F)C1(F)F)C(F)(F)F. The molecule has 0 bridgehead atoms. The van der Waals surface area contributed by atoms with Crippen LogP contribution in [0, 0.1) is 0 Å². The van der Waals surface area contributed by atoms with Gasteiger partial charge in [-0.3, -0.25) is 0 Å². The Morgan fingerprint density at radius 2 is 1.09 bits per heavy atom. The van der Waals surface area contributed by atoms with Gasteiger partial charge in [-0.05, 0) is 0 Å². The summed E-state index contributed by atoms with van der Waals surface area (Å²) in [5, 5.41) is 0. The Kier molecular flexibility index (Phi) is 4.00. The molecule has 0 aromatic heterocycles. The number of ether oxygens (including phenoxy) is 1. The van der Waals surface area contributed by atoms with Crippen molar-refractivity contribution in [3.05, 3.63) is 12.4 Å². The summed E-state index contributed by atoms with van der Waals surface area (Å²) in [6, 6.07) is -14.1. The normalized spacial score (nSPS) is 28.9. The molecule has 0 aromatic carbocycles. The Labute approximate surface area is 117 Å². The highest BCUT2D eigenvalue weighted by Gasteiger charge is 2.89. The van der Waals surface area contributed by atoms with E-state index < -0.39 is 47.0 Å². The fourth-order valence-corrected chi connectivity index (χ4v) is 1.51. The standard InChI is InChI=1S/C8H2F13NO/c1-2(9)3(10,4(11,12)13)22-5(14,15)7(18,19)23-8(20,21)6(22,16)17/h1H2. The molecule has 1 fully saturated rings. The highest BCUT2D eigenvalue weighted by Crippen LogP contribution is 2.61. The number of halogens is 13. The van der Waals surface area contributed by atoms with Crippen LogP contribution >= 0.6 is 0 Å². The molecule has 1 atom stereocenters. The zero-order valence-electron chi connectivity index (χ0n) is 9.98. The third-order valence-corrected chi connectivity index (χ3v) is 2.56. The molecule has 0 N–H and O–H groups in total. The lowest BCUT2D eigenvalue weighted by Gasteiger charge is -2.51. The van der Waals surface area contributed by atoms with Gasteiger partial charge in [-0.2, -0.15) is 48.3 Å². The van der Waals surface area contributed by atoms with E-state index in [1.165, 1.54) is 6.58 Å². The quantitative estimate of drug-likeness (QED) is 0.524. The summed E-state index contributed by atoms with van der Waals surface area (Å²) in [7, 11) is 0. The van der Waals surface area contributed by atoms with Crippen LogP contribution in [0.25, 0.3) is 0 Å². The van der Waals surface area contributed by atoms with E-state index in [0.717, 1.165) is 0 Å². The fraction of sp³-hybridized carbons (Fsp3) is 0.750. The first-order valence-electron chi connectivity index (χ1n) is 4.89. The minimum Gasteiger partial charge on any atom is -0.243 e. The summed E-state index contributed by atoms with van der Waals surface area (Å²) in [5.74, 6) is -10.5. The third-order valence-electron chi connectivity index (χ3n) is 2.56. The molecule has 0 radical (unpaired) electrons. The highest BCUT2D eigenvalue weighted by molar-refractivity contribution is 5.15. The maximum absolute atomic E-state index is 13.6. The topological polar surface area (TPSA) is 12.5 Å². The zero-order valence-corrected chi connectivity index (χ0v) is 9.98. The van der Waals surface area contributed by atoms with Gasteiger partial charge in [-0.1, -0.05) is 6.58 Å². The average Bonchev–Trinajstić information content (AvgIpc) is 2.22. The van der Waals surface area contributed by atoms with Crippen LogP contribution in [0.1, 0.15) is 0 Å². The van der Waals surface area contributed by atoms with Crippen LogP contribution in [0.3, 0.4) is 0 Å². The number of alkyl halides is 12. The van der Waals surface area contributed by atoms with Crippen molar-refractivity contribution in [2.75, 3.05) is 0 Å². The maximum Gasteiger partial charge on any atom is 0.444 e. The second-order valence-electron chi connectivity index (χ2n) is 4.08. The van der Waals surface area contributed by atoms with E-state index in [9.17, 15) is 57.1 Å². The number of nitrogens with zero attached hydrogens (tertiary/aromatic N) is 1. The van der Waals surface area contributed by atoms with Gasteiger partial charge in [0.2, 0.25) is 0 Å². The predicted octanol–water partition coefficient (Wildman–Crippen LogP) is 4.40. The molecule has 23 heavy (non-hydrogen) atoms. The van der Waals surface area contributed by atoms with Crippen LogP contribution in [0.15, 0.2) is 12.4 Å². The summed E-state index contributed by atoms with van der Waals surface area (Å²) < 4.78 is 169. The first kappa shape index (κ1) is 19.8. The van der Waals surface area contributed by atoms with Crippen molar-refractivity contribution < 1.29 is 61.8 Å². The fourth-order valence-electron chi connectivity index (χ4n) is 1.51. The highest BCUT2D eigenvalue weighted by atomic mass is 19.4. The molecule has 1 saturated heterocycles. The van der Waals surface area contributed by atoms with Crippen LogP contribution in [0.2, 0.25) is 0 Å². The van der Waals surface area contributed by atoms with Gasteiger partial charge >= 0.3 is 36.3 Å². The molecular weight excluding hydrogens is 373 g/mol. The van der Waals surface area contributed by atoms with Crippen LogP contribution in [0.5, 0.6) is 0 Å². The van der Waals surface area contributed by atoms with Gasteiger partial charge in [0.25, 0.3) is 0 Å². The van der Waals surface area contributed by atoms with E-state index in [4.69, 9.17) is 0 Å². The van der Waals surface area contributed by atoms with Gasteiger partial charge in [-0.15, -0.1) is 4.90 Å². The van der Waals surface area contributed by atoms with Crippen molar-refractivity contribution in [3.8, 4) is 0 Å². The van der Waals surface area contributed by atoms with Gasteiger partial charge in [-0.25, -0.2) is 13.5 Å². The van der Waals surface area contributed by atoms with Gasteiger partial charge in [0.1, 0.15) is 0 Å². The minimum atomic E-state index is -7.12. The summed E-state index contributed by atoms with van der Waals surface area (Å²) in [6.07, 6.45) is -20.6. The van der Waals surface area contributed by atoms with Crippen molar-refractivity contribution >= 4 is 0 Å². The average molecular weight is 375 g/mol. The van der Waals surface area contributed by atoms with Crippen molar-refractivity contribution in [2.45, 2.75) is 36.3 Å². The largest absolute Gasteiger partial charge is 0.444 e. The minimum absolute atomic E-state index is 1.49. The Morgan fingerprint density at radius 3 is 1.30 bits per heavy atom. The summed E-state index contributed by atoms with van der Waals surface area (Å²) in [6.45, 7) is 1.49. The van der Waals surface area contributed by atoms with Gasteiger partial charge in [0.15, 0.2) is 5.83 Å². The van der Waals surface area contributed by atoms with E-state index in [2.05, 4.69) is 0 Å². The van der Waals surface area contributed by atoms with E-state index >= 15 is 0 Å². The number of hydrogen-bond acceptors (Lipinski definition) is 2. The van der Waals surface area contributed by atoms with E-state index in [1.54, 1.807) is 0 Å². The van der Waals surface area contributed by atoms with E-state index in [-0.39, 0.29) is 0 Å². The van der Waals surface area contributed by atoms with Crippen molar-refractivity contribution in [1.82, 2.24) is 4.90 Å². The zero-order chi connectivity index (χ0) is 18.9. The molecule has 1 aliphatic heterocycles. The monoisotopic (exact) mass is 375 g/mol. The second kappa shape index (κ2) is 4.64. The van der Waals surface area contributed by atoms with Crippen molar-refractivity contribution in [3.63, 3.8) is 0 Å². The molecule has 0 saturated carbocycles. The smallest absolute Gasteiger partial charge is 0.243 e. The Morgan fingerprint density at radius 1 is 0.783 bits per heavy atom. The molecule has 136 valence electrons. The summed E-state index contributed by atoms with van der Waals surface area (Å²) >= 11 is 0. The third kappa shape index (κ3) is 2.35. The van der Waals surface area contributed by atoms with Crippen LogP contribution in [-0.4, -0.2) is 41.2 Å². The van der Waals surface area contributed by atoms with Crippen molar-refractivity contribution in [2.24, 2.45) is 0 Å². The molecule has 0 amide bonds. The van der Waals surface area contributed by atoms with E-state index in [0.29, 0.717) is 0 Å². The van der Waals surface area contributed by atoms with Crippen LogP contribution in [-0.2, 0) is 4.74 Å². The molecule has 0 spiro atoms. The lowest BCUT2D eigenvalue weighted by molar-refractivity contribution is -0.585. The first-order valence-corrected chi connectivity index (χ1v) is 4.89. The Hall–Kier alpha value is -1.25. The summed E-state index contributed by atoms with van der Waals surface area (Å²) in [5.41, 5.74) is 0. The molecule has 0 aromatic rings. The first-order chi connectivity index (χ1) is 9.77. The summed E-state index contributed by atoms with van der Waals surface area (Å²) in [4.78, 5) is -3.64.